The smallest absolute Gasteiger partial charge is 0.232 e. The largest absolute Gasteiger partial charge is 0.486 e. The lowest BCUT2D eigenvalue weighted by Crippen LogP contribution is -2.36. The van der Waals surface area contributed by atoms with Crippen molar-refractivity contribution in [2.45, 2.75) is 6.54 Å². The molecule has 1 aromatic carbocycles. The van der Waals surface area contributed by atoms with Gasteiger partial charge >= 0.3 is 0 Å². The Morgan fingerprint density at radius 2 is 1.84 bits per heavy atom. The van der Waals surface area contributed by atoms with Crippen LogP contribution in [0.1, 0.15) is 5.82 Å². The lowest BCUT2D eigenvalue weighted by Gasteiger charge is -2.25. The van der Waals surface area contributed by atoms with Crippen LogP contribution in [0.5, 0.6) is 23.1 Å². The summed E-state index contributed by atoms with van der Waals surface area (Å²) in [5.74, 6) is 3.41. The third-order valence-corrected chi connectivity index (χ3v) is 7.21. The Kier molecular flexibility index (Phi) is 5.40. The van der Waals surface area contributed by atoms with Gasteiger partial charge in [-0.25, -0.2) is 4.98 Å². The summed E-state index contributed by atoms with van der Waals surface area (Å²) in [6.07, 6.45) is 0. The Labute approximate surface area is 193 Å². The first-order valence-corrected chi connectivity index (χ1v) is 12.3. The summed E-state index contributed by atoms with van der Waals surface area (Å²) in [6.45, 7) is 5.00. The quantitative estimate of drug-likeness (QED) is 0.417. The van der Waals surface area contributed by atoms with Crippen molar-refractivity contribution in [1.82, 2.24) is 14.9 Å². The van der Waals surface area contributed by atoms with E-state index in [4.69, 9.17) is 28.9 Å². The molecule has 0 saturated carbocycles. The van der Waals surface area contributed by atoms with Crippen molar-refractivity contribution >= 4 is 32.9 Å². The molecule has 0 amide bonds. The molecular formula is C23H21N3O4S2. The van der Waals surface area contributed by atoms with Gasteiger partial charge in [0.2, 0.25) is 5.88 Å². The van der Waals surface area contributed by atoms with Crippen LogP contribution in [-0.2, 0) is 11.3 Å². The minimum Gasteiger partial charge on any atom is -0.486 e. The fourth-order valence-electron chi connectivity index (χ4n) is 3.87. The normalized spacial score (nSPS) is 16.4. The minimum absolute atomic E-state index is 0.533. The van der Waals surface area contributed by atoms with E-state index in [9.17, 15) is 0 Å². The number of nitrogens with zero attached hydrogens (tertiary/aromatic N) is 3. The Balaban J connectivity index is 1.41. The van der Waals surface area contributed by atoms with Crippen molar-refractivity contribution in [2.75, 3.05) is 39.5 Å². The van der Waals surface area contributed by atoms with Crippen LogP contribution in [0.4, 0.5) is 0 Å². The molecule has 0 bridgehead atoms. The molecule has 7 nitrogen and oxygen atoms in total. The van der Waals surface area contributed by atoms with E-state index in [1.807, 2.05) is 18.2 Å². The first-order valence-electron chi connectivity index (χ1n) is 10.5. The topological polar surface area (TPSA) is 65.9 Å². The third kappa shape index (κ3) is 3.93. The molecule has 164 valence electrons. The average Bonchev–Trinajstić information content (AvgIpc) is 3.50. The SMILES string of the molecule is c1csc(-c2csc3nc(CN4CCOCC4)nc(Oc4ccc5c(c4)OCCO5)c23)c1. The molecule has 0 unspecified atom stereocenters. The summed E-state index contributed by atoms with van der Waals surface area (Å²) in [6, 6.07) is 9.80. The second kappa shape index (κ2) is 8.67. The summed E-state index contributed by atoms with van der Waals surface area (Å²) in [4.78, 5) is 14.2. The molecule has 9 heteroatoms. The maximum Gasteiger partial charge on any atom is 0.232 e. The second-order valence-corrected chi connectivity index (χ2v) is 9.35. The minimum atomic E-state index is 0.533. The molecule has 3 aromatic heterocycles. The number of hydrogen-bond donors (Lipinski definition) is 0. The van der Waals surface area contributed by atoms with E-state index in [-0.39, 0.29) is 0 Å². The number of hydrogen-bond acceptors (Lipinski definition) is 9. The average molecular weight is 468 g/mol. The van der Waals surface area contributed by atoms with Crippen LogP contribution in [0.15, 0.2) is 41.1 Å². The zero-order chi connectivity index (χ0) is 21.3. The van der Waals surface area contributed by atoms with Crippen molar-refractivity contribution in [1.29, 1.82) is 0 Å². The number of ether oxygens (including phenoxy) is 4. The number of morpholine rings is 1. The van der Waals surface area contributed by atoms with E-state index in [0.29, 0.717) is 37.1 Å². The summed E-state index contributed by atoms with van der Waals surface area (Å²) < 4.78 is 23.2. The molecule has 32 heavy (non-hydrogen) atoms. The molecule has 0 N–H and O–H groups in total. The lowest BCUT2D eigenvalue weighted by molar-refractivity contribution is 0.0330. The number of rotatable bonds is 5. The van der Waals surface area contributed by atoms with E-state index in [1.54, 1.807) is 22.7 Å². The van der Waals surface area contributed by atoms with Gasteiger partial charge in [-0.3, -0.25) is 4.90 Å². The van der Waals surface area contributed by atoms with Crippen LogP contribution in [0.2, 0.25) is 0 Å². The predicted octanol–water partition coefficient (Wildman–Crippen LogP) is 4.82. The second-order valence-electron chi connectivity index (χ2n) is 7.55. The van der Waals surface area contributed by atoms with Crippen molar-refractivity contribution in [2.24, 2.45) is 0 Å². The molecule has 0 radical (unpaired) electrons. The molecule has 2 aliphatic rings. The monoisotopic (exact) mass is 467 g/mol. The predicted molar refractivity (Wildman–Crippen MR) is 124 cm³/mol. The van der Waals surface area contributed by atoms with E-state index in [1.165, 1.54) is 4.88 Å². The molecule has 1 fully saturated rings. The van der Waals surface area contributed by atoms with Gasteiger partial charge in [0.05, 0.1) is 25.1 Å². The molecule has 0 spiro atoms. The Morgan fingerprint density at radius 3 is 2.69 bits per heavy atom. The molecule has 4 aromatic rings. The highest BCUT2D eigenvalue weighted by Gasteiger charge is 2.21. The Morgan fingerprint density at radius 1 is 0.969 bits per heavy atom. The zero-order valence-electron chi connectivity index (χ0n) is 17.3. The highest BCUT2D eigenvalue weighted by Crippen LogP contribution is 2.42. The summed E-state index contributed by atoms with van der Waals surface area (Å²) >= 11 is 3.32. The van der Waals surface area contributed by atoms with Gasteiger partial charge in [0.1, 0.15) is 29.6 Å². The van der Waals surface area contributed by atoms with Gasteiger partial charge in [0, 0.05) is 35.0 Å². The number of thiophene rings is 2. The zero-order valence-corrected chi connectivity index (χ0v) is 18.9. The number of aromatic nitrogens is 2. The fourth-order valence-corrected chi connectivity index (χ4v) is 5.64. The van der Waals surface area contributed by atoms with Crippen molar-refractivity contribution in [3.63, 3.8) is 0 Å². The standard InChI is InChI=1S/C23H21N3O4S2/c1-2-19(31-11-1)16-14-32-23-21(16)22(24-20(25-23)13-26-5-7-27-8-6-26)30-15-3-4-17-18(12-15)29-10-9-28-17/h1-4,11-12,14H,5-10,13H2. The first-order chi connectivity index (χ1) is 15.8. The fraction of sp³-hybridized carbons (Fsp3) is 0.304. The Hall–Kier alpha value is -2.72. The molecule has 0 atom stereocenters. The van der Waals surface area contributed by atoms with E-state index in [0.717, 1.165) is 53.7 Å². The van der Waals surface area contributed by atoms with Crippen LogP contribution in [-0.4, -0.2) is 54.4 Å². The Bertz CT molecular complexity index is 1240. The van der Waals surface area contributed by atoms with E-state index >= 15 is 0 Å². The van der Waals surface area contributed by atoms with Gasteiger partial charge in [0.15, 0.2) is 11.5 Å². The van der Waals surface area contributed by atoms with E-state index in [2.05, 4.69) is 27.8 Å². The highest BCUT2D eigenvalue weighted by atomic mass is 32.1. The maximum atomic E-state index is 6.37. The molecule has 6 rings (SSSR count). The number of benzene rings is 1. The van der Waals surface area contributed by atoms with Gasteiger partial charge in [-0.1, -0.05) is 6.07 Å². The molecule has 1 saturated heterocycles. The maximum absolute atomic E-state index is 6.37. The van der Waals surface area contributed by atoms with Crippen LogP contribution >= 0.6 is 22.7 Å². The van der Waals surface area contributed by atoms with Crippen molar-refractivity contribution in [3.05, 3.63) is 46.9 Å². The van der Waals surface area contributed by atoms with Gasteiger partial charge in [-0.05, 0) is 23.6 Å². The first kappa shape index (κ1) is 19.9. The molecule has 0 aliphatic carbocycles. The highest BCUT2D eigenvalue weighted by molar-refractivity contribution is 7.18. The third-order valence-electron chi connectivity index (χ3n) is 5.43. The summed E-state index contributed by atoms with van der Waals surface area (Å²) in [5.41, 5.74) is 1.10. The molecule has 5 heterocycles. The van der Waals surface area contributed by atoms with Crippen molar-refractivity contribution < 1.29 is 18.9 Å². The van der Waals surface area contributed by atoms with Crippen LogP contribution in [0.3, 0.4) is 0 Å². The van der Waals surface area contributed by atoms with Gasteiger partial charge in [-0.2, -0.15) is 4.98 Å². The number of fused-ring (bicyclic) bond motifs is 2. The molecule has 2 aliphatic heterocycles. The van der Waals surface area contributed by atoms with Gasteiger partial charge in [0.25, 0.3) is 0 Å². The van der Waals surface area contributed by atoms with Crippen LogP contribution < -0.4 is 14.2 Å². The van der Waals surface area contributed by atoms with Crippen molar-refractivity contribution in [3.8, 4) is 33.6 Å². The van der Waals surface area contributed by atoms with Gasteiger partial charge < -0.3 is 18.9 Å². The van der Waals surface area contributed by atoms with Crippen LogP contribution in [0.25, 0.3) is 20.7 Å². The van der Waals surface area contributed by atoms with Crippen LogP contribution in [0, 0.1) is 0 Å². The van der Waals surface area contributed by atoms with Gasteiger partial charge in [-0.15, -0.1) is 22.7 Å². The summed E-state index contributed by atoms with van der Waals surface area (Å²) in [7, 11) is 0. The summed E-state index contributed by atoms with van der Waals surface area (Å²) in [5, 5.41) is 5.16. The van der Waals surface area contributed by atoms with E-state index < -0.39 is 0 Å². The lowest BCUT2D eigenvalue weighted by atomic mass is 10.2. The molecular weight excluding hydrogens is 446 g/mol.